The molecule has 1 aromatic carbocycles. The maximum absolute atomic E-state index is 10.6. The highest BCUT2D eigenvalue weighted by molar-refractivity contribution is 6.49. The molecule has 0 bridgehead atoms. The van der Waals surface area contributed by atoms with Crippen molar-refractivity contribution in [3.8, 4) is 0 Å². The van der Waals surface area contributed by atoms with E-state index in [0.717, 1.165) is 0 Å². The molecule has 1 aromatic rings. The van der Waals surface area contributed by atoms with E-state index in [-0.39, 0.29) is 11.0 Å². The van der Waals surface area contributed by atoms with E-state index in [0.29, 0.717) is 26.9 Å². The van der Waals surface area contributed by atoms with Crippen molar-refractivity contribution in [3.05, 3.63) is 26.2 Å². The highest BCUT2D eigenvalue weighted by Crippen LogP contribution is 2.40. The van der Waals surface area contributed by atoms with E-state index in [2.05, 4.69) is 10.6 Å². The normalized spacial score (nSPS) is 10.1. The average molecular weight is 310 g/mol. The largest absolute Gasteiger partial charge is 0.351 e. The Hall–Kier alpha value is -1.17. The van der Waals surface area contributed by atoms with Crippen molar-refractivity contribution in [2.45, 2.75) is 13.8 Å². The molecule has 0 aliphatic heterocycles. The fourth-order valence-electron chi connectivity index (χ4n) is 1.39. The molecule has 0 heterocycles. The van der Waals surface area contributed by atoms with Crippen LogP contribution in [0.2, 0.25) is 15.1 Å². The predicted molar refractivity (Wildman–Crippen MR) is 75.0 cm³/mol. The second-order valence-electron chi connectivity index (χ2n) is 3.56. The van der Waals surface area contributed by atoms with Gasteiger partial charge in [-0.15, -0.1) is 0 Å². The minimum absolute atomic E-state index is 0.258. The summed E-state index contributed by atoms with van der Waals surface area (Å²) in [6.45, 7) is 3.44. The van der Waals surface area contributed by atoms with Gasteiger partial charge >= 0.3 is 6.03 Å². The SMILES string of the molecule is Cc1c(Cl)c(Cl)c(Cl)c(C)c1NC(=N)NC(N)=O. The lowest BCUT2D eigenvalue weighted by molar-refractivity contribution is 0.253. The van der Waals surface area contributed by atoms with Gasteiger partial charge in [-0.2, -0.15) is 0 Å². The van der Waals surface area contributed by atoms with Gasteiger partial charge in [-0.25, -0.2) is 4.79 Å². The van der Waals surface area contributed by atoms with Crippen molar-refractivity contribution >= 4 is 52.5 Å². The van der Waals surface area contributed by atoms with Gasteiger partial charge in [-0.1, -0.05) is 34.8 Å². The number of nitrogens with one attached hydrogen (secondary N) is 3. The molecule has 0 radical (unpaired) electrons. The summed E-state index contributed by atoms with van der Waals surface area (Å²) in [4.78, 5) is 10.6. The number of anilines is 1. The second-order valence-corrected chi connectivity index (χ2v) is 4.69. The van der Waals surface area contributed by atoms with Crippen LogP contribution in [0.15, 0.2) is 0 Å². The zero-order chi connectivity index (χ0) is 14.0. The Morgan fingerprint density at radius 3 is 1.94 bits per heavy atom. The first-order valence-corrected chi connectivity index (χ1v) is 5.94. The van der Waals surface area contributed by atoms with Gasteiger partial charge < -0.3 is 11.1 Å². The molecule has 0 aromatic heterocycles. The number of carbonyl (C=O) groups is 1. The van der Waals surface area contributed by atoms with Gasteiger partial charge in [-0.3, -0.25) is 10.7 Å². The molecule has 2 amide bonds. The Morgan fingerprint density at radius 2 is 1.56 bits per heavy atom. The second kappa shape index (κ2) is 5.65. The highest BCUT2D eigenvalue weighted by atomic mass is 35.5. The van der Waals surface area contributed by atoms with E-state index < -0.39 is 6.03 Å². The third-order valence-electron chi connectivity index (χ3n) is 2.29. The molecular formula is C10H11Cl3N4O. The highest BCUT2D eigenvalue weighted by Gasteiger charge is 2.17. The van der Waals surface area contributed by atoms with Crippen molar-refractivity contribution in [1.82, 2.24) is 5.32 Å². The van der Waals surface area contributed by atoms with Gasteiger partial charge in [0, 0.05) is 5.69 Å². The van der Waals surface area contributed by atoms with Crippen LogP contribution in [-0.2, 0) is 0 Å². The average Bonchev–Trinajstić information content (AvgIpc) is 2.29. The smallest absolute Gasteiger partial charge is 0.318 e. The fraction of sp³-hybridized carbons (Fsp3) is 0.200. The standard InChI is InChI=1S/C10H11Cl3N4O/c1-3-5(11)7(13)6(12)4(2)8(3)16-9(14)17-10(15)18/h1-2H3,(H5,14,15,16,17,18). The van der Waals surface area contributed by atoms with E-state index in [9.17, 15) is 4.79 Å². The third kappa shape index (κ3) is 2.98. The summed E-state index contributed by atoms with van der Waals surface area (Å²) in [6, 6.07) is -0.839. The van der Waals surface area contributed by atoms with E-state index in [1.807, 2.05) is 0 Å². The molecule has 5 nitrogen and oxygen atoms in total. The molecule has 0 saturated carbocycles. The number of halogens is 3. The fourth-order valence-corrected chi connectivity index (χ4v) is 2.10. The van der Waals surface area contributed by atoms with E-state index in [1.165, 1.54) is 0 Å². The summed E-state index contributed by atoms with van der Waals surface area (Å²) in [5.41, 5.74) is 6.66. The zero-order valence-corrected chi connectivity index (χ0v) is 11.9. The lowest BCUT2D eigenvalue weighted by Gasteiger charge is -2.17. The molecule has 0 spiro atoms. The maximum atomic E-state index is 10.6. The number of benzene rings is 1. The molecule has 0 unspecified atom stereocenters. The summed E-state index contributed by atoms with van der Waals surface area (Å²) in [5.74, 6) is -0.275. The van der Waals surface area contributed by atoms with Crippen molar-refractivity contribution in [2.75, 3.05) is 5.32 Å². The summed E-state index contributed by atoms with van der Waals surface area (Å²) in [6.07, 6.45) is 0. The van der Waals surface area contributed by atoms with E-state index in [4.69, 9.17) is 45.9 Å². The van der Waals surface area contributed by atoms with Crippen molar-refractivity contribution < 1.29 is 4.79 Å². The number of carbonyl (C=O) groups excluding carboxylic acids is 1. The monoisotopic (exact) mass is 308 g/mol. The number of guanidine groups is 1. The maximum Gasteiger partial charge on any atom is 0.318 e. The minimum atomic E-state index is -0.839. The minimum Gasteiger partial charge on any atom is -0.351 e. The molecule has 98 valence electrons. The lowest BCUT2D eigenvalue weighted by atomic mass is 10.1. The molecule has 1 rings (SSSR count). The van der Waals surface area contributed by atoms with Crippen molar-refractivity contribution in [2.24, 2.45) is 5.73 Å². The molecule has 0 atom stereocenters. The summed E-state index contributed by atoms with van der Waals surface area (Å²) < 4.78 is 0. The molecule has 0 saturated heterocycles. The first kappa shape index (κ1) is 14.9. The van der Waals surface area contributed by atoms with Crippen molar-refractivity contribution in [3.63, 3.8) is 0 Å². The topological polar surface area (TPSA) is 91.0 Å². The third-order valence-corrected chi connectivity index (χ3v) is 3.81. The predicted octanol–water partition coefficient (Wildman–Crippen LogP) is 3.28. The Labute approximate surface area is 119 Å². The lowest BCUT2D eigenvalue weighted by Crippen LogP contribution is -2.38. The van der Waals surface area contributed by atoms with Crippen LogP contribution in [0.3, 0.4) is 0 Å². The Bertz CT molecular complexity index is 501. The summed E-state index contributed by atoms with van der Waals surface area (Å²) in [7, 11) is 0. The van der Waals surface area contributed by atoms with Crippen LogP contribution in [0.4, 0.5) is 10.5 Å². The number of amides is 2. The van der Waals surface area contributed by atoms with Gasteiger partial charge in [0.2, 0.25) is 5.96 Å². The number of rotatable bonds is 1. The van der Waals surface area contributed by atoms with Crippen LogP contribution in [0.5, 0.6) is 0 Å². The van der Waals surface area contributed by atoms with Crippen LogP contribution in [-0.4, -0.2) is 12.0 Å². The summed E-state index contributed by atoms with van der Waals surface area (Å²) >= 11 is 18.0. The number of primary amides is 1. The summed E-state index contributed by atoms with van der Waals surface area (Å²) in [5, 5.41) is 13.1. The molecule has 5 N–H and O–H groups in total. The quantitative estimate of drug-likeness (QED) is 0.364. The van der Waals surface area contributed by atoms with Gasteiger partial charge in [0.15, 0.2) is 0 Å². The van der Waals surface area contributed by atoms with E-state index >= 15 is 0 Å². The van der Waals surface area contributed by atoms with Gasteiger partial charge in [0.1, 0.15) is 0 Å². The zero-order valence-electron chi connectivity index (χ0n) is 9.62. The van der Waals surface area contributed by atoms with Gasteiger partial charge in [0.25, 0.3) is 0 Å². The molecule has 0 fully saturated rings. The Balaban J connectivity index is 3.18. The first-order chi connectivity index (χ1) is 8.25. The van der Waals surface area contributed by atoms with Crippen molar-refractivity contribution in [1.29, 1.82) is 5.41 Å². The number of hydrogen-bond acceptors (Lipinski definition) is 2. The molecular weight excluding hydrogens is 298 g/mol. The molecule has 8 heteroatoms. The van der Waals surface area contributed by atoms with Crippen LogP contribution in [0.25, 0.3) is 0 Å². The number of hydrogen-bond donors (Lipinski definition) is 4. The van der Waals surface area contributed by atoms with Crippen LogP contribution < -0.4 is 16.4 Å². The van der Waals surface area contributed by atoms with Crippen LogP contribution >= 0.6 is 34.8 Å². The van der Waals surface area contributed by atoms with E-state index in [1.54, 1.807) is 13.8 Å². The molecule has 0 aliphatic rings. The van der Waals surface area contributed by atoms with Gasteiger partial charge in [-0.05, 0) is 25.0 Å². The van der Waals surface area contributed by atoms with Crippen LogP contribution in [0, 0.1) is 19.3 Å². The first-order valence-electron chi connectivity index (χ1n) is 4.81. The molecule has 0 aliphatic carbocycles. The van der Waals surface area contributed by atoms with Crippen LogP contribution in [0.1, 0.15) is 11.1 Å². The Morgan fingerprint density at radius 1 is 1.11 bits per heavy atom. The Kier molecular flexibility index (Phi) is 4.67. The number of urea groups is 1. The van der Waals surface area contributed by atoms with Gasteiger partial charge in [0.05, 0.1) is 15.1 Å². The number of nitrogens with two attached hydrogens (primary N) is 1. The molecule has 18 heavy (non-hydrogen) atoms.